The van der Waals surface area contributed by atoms with Crippen LogP contribution in [0.25, 0.3) is 0 Å². The molecule has 138 valence electrons. The molecule has 4 N–H and O–H groups in total. The molecule has 0 atom stereocenters. The number of amides is 1. The second-order valence-corrected chi connectivity index (χ2v) is 6.80. The summed E-state index contributed by atoms with van der Waals surface area (Å²) in [5.41, 5.74) is 13.4. The van der Waals surface area contributed by atoms with Gasteiger partial charge in [0.1, 0.15) is 17.2 Å². The summed E-state index contributed by atoms with van der Waals surface area (Å²) in [4.78, 5) is 15.7. The van der Waals surface area contributed by atoms with Gasteiger partial charge < -0.3 is 20.9 Å². The molecule has 26 heavy (non-hydrogen) atoms. The van der Waals surface area contributed by atoms with E-state index in [9.17, 15) is 4.79 Å². The minimum atomic E-state index is -0.706. The monoisotopic (exact) mass is 355 g/mol. The van der Waals surface area contributed by atoms with Gasteiger partial charge in [0.15, 0.2) is 0 Å². The van der Waals surface area contributed by atoms with Crippen molar-refractivity contribution in [2.75, 3.05) is 12.3 Å². The van der Waals surface area contributed by atoms with Gasteiger partial charge in [0, 0.05) is 17.7 Å². The molecule has 0 aromatic heterocycles. The van der Waals surface area contributed by atoms with E-state index in [0.29, 0.717) is 24.3 Å². The summed E-state index contributed by atoms with van der Waals surface area (Å²) in [5, 5.41) is 0. The molecule has 0 spiro atoms. The summed E-state index contributed by atoms with van der Waals surface area (Å²) in [6.07, 6.45) is -0.0895. The first-order valence-electron chi connectivity index (χ1n) is 8.38. The number of nitrogen functional groups attached to an aromatic ring is 1. The lowest BCUT2D eigenvalue weighted by atomic mass is 10.0. The van der Waals surface area contributed by atoms with Gasteiger partial charge in [0.2, 0.25) is 0 Å². The van der Waals surface area contributed by atoms with E-state index in [4.69, 9.17) is 20.9 Å². The molecule has 1 amide bonds. The number of nitrogens with zero attached hydrogens (tertiary/aromatic N) is 1. The van der Waals surface area contributed by atoms with Gasteiger partial charge in [-0.05, 0) is 50.6 Å². The second kappa shape index (κ2) is 8.38. The van der Waals surface area contributed by atoms with E-state index in [1.54, 1.807) is 32.9 Å². The summed E-state index contributed by atoms with van der Waals surface area (Å²) < 4.78 is 10.9. The number of nitrogens with two attached hydrogens (primary N) is 2. The Balaban J connectivity index is 2.04. The van der Waals surface area contributed by atoms with Crippen LogP contribution in [0.15, 0.2) is 53.5 Å². The highest BCUT2D eigenvalue weighted by atomic mass is 16.6. The molecule has 0 radical (unpaired) electrons. The molecule has 0 saturated heterocycles. The van der Waals surface area contributed by atoms with Gasteiger partial charge in [0.05, 0.1) is 6.61 Å². The van der Waals surface area contributed by atoms with E-state index in [1.165, 1.54) is 0 Å². The Morgan fingerprint density at radius 2 is 1.73 bits per heavy atom. The van der Waals surface area contributed by atoms with E-state index >= 15 is 0 Å². The maximum Gasteiger partial charge on any atom is 0.436 e. The van der Waals surface area contributed by atoms with Crippen molar-refractivity contribution in [2.24, 2.45) is 10.7 Å². The van der Waals surface area contributed by atoms with E-state index in [0.717, 1.165) is 11.3 Å². The third kappa shape index (κ3) is 6.12. The predicted molar refractivity (Wildman–Crippen MR) is 103 cm³/mol. The van der Waals surface area contributed by atoms with Gasteiger partial charge in [-0.2, -0.15) is 4.99 Å². The van der Waals surface area contributed by atoms with Crippen LogP contribution in [0.3, 0.4) is 0 Å². The minimum Gasteiger partial charge on any atom is -0.493 e. The fourth-order valence-electron chi connectivity index (χ4n) is 2.27. The second-order valence-electron chi connectivity index (χ2n) is 6.80. The molecule has 0 fully saturated rings. The molecular weight excluding hydrogens is 330 g/mol. The average molecular weight is 355 g/mol. The molecule has 6 nitrogen and oxygen atoms in total. The Bertz CT molecular complexity index is 778. The van der Waals surface area contributed by atoms with E-state index in [-0.39, 0.29) is 5.84 Å². The van der Waals surface area contributed by atoms with Crippen LogP contribution in [0.1, 0.15) is 31.9 Å². The molecule has 6 heteroatoms. The zero-order valence-electron chi connectivity index (χ0n) is 15.4. The third-order valence-electron chi connectivity index (χ3n) is 3.42. The predicted octanol–water partition coefficient (Wildman–Crippen LogP) is 3.53. The van der Waals surface area contributed by atoms with Crippen LogP contribution in [-0.4, -0.2) is 24.1 Å². The van der Waals surface area contributed by atoms with Crippen molar-refractivity contribution in [3.8, 4) is 5.75 Å². The Morgan fingerprint density at radius 1 is 1.08 bits per heavy atom. The molecule has 0 aliphatic carbocycles. The van der Waals surface area contributed by atoms with Crippen molar-refractivity contribution in [1.29, 1.82) is 0 Å². The average Bonchev–Trinajstić information content (AvgIpc) is 2.55. The third-order valence-corrected chi connectivity index (χ3v) is 3.42. The molecule has 2 aromatic carbocycles. The number of ether oxygens (including phenoxy) is 2. The van der Waals surface area contributed by atoms with Crippen molar-refractivity contribution >= 4 is 17.6 Å². The van der Waals surface area contributed by atoms with Gasteiger partial charge in [-0.25, -0.2) is 4.79 Å². The minimum absolute atomic E-state index is 0.127. The van der Waals surface area contributed by atoms with Gasteiger partial charge in [0.25, 0.3) is 0 Å². The highest BCUT2D eigenvalue weighted by Crippen LogP contribution is 2.15. The lowest BCUT2D eigenvalue weighted by molar-refractivity contribution is 0.0604. The zero-order valence-corrected chi connectivity index (χ0v) is 15.4. The van der Waals surface area contributed by atoms with Gasteiger partial charge in [-0.1, -0.05) is 24.3 Å². The van der Waals surface area contributed by atoms with Crippen LogP contribution in [0.4, 0.5) is 10.5 Å². The quantitative estimate of drug-likeness (QED) is 0.485. The Labute approximate surface area is 153 Å². The number of hydrogen-bond acceptors (Lipinski definition) is 4. The van der Waals surface area contributed by atoms with Crippen molar-refractivity contribution in [1.82, 2.24) is 0 Å². The summed E-state index contributed by atoms with van der Waals surface area (Å²) in [6.45, 7) is 5.79. The van der Waals surface area contributed by atoms with Crippen LogP contribution in [-0.2, 0) is 11.2 Å². The summed E-state index contributed by atoms with van der Waals surface area (Å²) in [5.74, 6) is 0.870. The highest BCUT2D eigenvalue weighted by Gasteiger charge is 2.16. The number of rotatable bonds is 5. The molecule has 0 aliphatic rings. The van der Waals surface area contributed by atoms with Crippen molar-refractivity contribution in [2.45, 2.75) is 32.8 Å². The summed E-state index contributed by atoms with van der Waals surface area (Å²) in [6, 6.07) is 14.7. The fraction of sp³-hybridized carbons (Fsp3) is 0.300. The lowest BCUT2D eigenvalue weighted by Gasteiger charge is -2.17. The molecule has 2 aromatic rings. The van der Waals surface area contributed by atoms with E-state index in [1.807, 2.05) is 36.4 Å². The molecule has 0 unspecified atom stereocenters. The lowest BCUT2D eigenvalue weighted by Crippen LogP contribution is -2.25. The number of anilines is 1. The fourth-order valence-corrected chi connectivity index (χ4v) is 2.27. The normalized spacial score (nSPS) is 11.9. The molecule has 0 aliphatic heterocycles. The maximum atomic E-state index is 11.9. The molecular formula is C20H25N3O3. The van der Waals surface area contributed by atoms with Gasteiger partial charge >= 0.3 is 6.09 Å². The van der Waals surface area contributed by atoms with E-state index < -0.39 is 11.7 Å². The van der Waals surface area contributed by atoms with Crippen molar-refractivity contribution in [3.63, 3.8) is 0 Å². The Morgan fingerprint density at radius 3 is 2.38 bits per heavy atom. The number of aliphatic imine (C=N–C) groups is 1. The first-order valence-corrected chi connectivity index (χ1v) is 8.38. The number of hydrogen-bond donors (Lipinski definition) is 2. The highest BCUT2D eigenvalue weighted by molar-refractivity contribution is 6.03. The molecule has 2 rings (SSSR count). The number of carbonyl (C=O) groups excluding carboxylic acids is 1. The first-order chi connectivity index (χ1) is 12.2. The zero-order chi connectivity index (χ0) is 19.2. The van der Waals surface area contributed by atoms with Crippen molar-refractivity contribution in [3.05, 3.63) is 59.7 Å². The number of amidine groups is 1. The Hall–Kier alpha value is -3.02. The molecule has 0 saturated carbocycles. The maximum absolute atomic E-state index is 11.9. The first kappa shape index (κ1) is 19.3. The topological polar surface area (TPSA) is 99.9 Å². The van der Waals surface area contributed by atoms with Gasteiger partial charge in [-0.3, -0.25) is 0 Å². The van der Waals surface area contributed by atoms with Crippen LogP contribution < -0.4 is 16.2 Å². The summed E-state index contributed by atoms with van der Waals surface area (Å²) in [7, 11) is 0. The molecule has 0 bridgehead atoms. The summed E-state index contributed by atoms with van der Waals surface area (Å²) >= 11 is 0. The number of carbonyl (C=O) groups is 1. The van der Waals surface area contributed by atoms with Crippen LogP contribution >= 0.6 is 0 Å². The number of benzene rings is 2. The Kier molecular flexibility index (Phi) is 6.22. The van der Waals surface area contributed by atoms with Crippen molar-refractivity contribution < 1.29 is 14.3 Å². The van der Waals surface area contributed by atoms with Crippen LogP contribution in [0.5, 0.6) is 5.75 Å². The van der Waals surface area contributed by atoms with Crippen LogP contribution in [0, 0.1) is 0 Å². The van der Waals surface area contributed by atoms with Crippen LogP contribution in [0.2, 0.25) is 0 Å². The van der Waals surface area contributed by atoms with E-state index in [2.05, 4.69) is 4.99 Å². The SMILES string of the molecule is CC(C)(C)OC(=O)N=C(N)c1ccccc1CCOc1ccc(N)cc1. The largest absolute Gasteiger partial charge is 0.493 e. The van der Waals surface area contributed by atoms with Gasteiger partial charge in [-0.15, -0.1) is 0 Å². The standard InChI is InChI=1S/C20H25N3O3/c1-20(2,3)26-19(24)23-18(22)17-7-5-4-6-14(17)12-13-25-16-10-8-15(21)9-11-16/h4-11H,12-13,21H2,1-3H3,(H2,22,23,24). The molecule has 0 heterocycles. The smallest absolute Gasteiger partial charge is 0.436 e.